The number of amides is 2. The van der Waals surface area contributed by atoms with Crippen molar-refractivity contribution >= 4 is 62.7 Å². The Hall–Kier alpha value is -3.22. The van der Waals surface area contributed by atoms with Gasteiger partial charge < -0.3 is 5.32 Å². The van der Waals surface area contributed by atoms with Crippen molar-refractivity contribution in [2.24, 2.45) is 0 Å². The van der Waals surface area contributed by atoms with Gasteiger partial charge in [-0.3, -0.25) is 14.5 Å². The summed E-state index contributed by atoms with van der Waals surface area (Å²) in [5, 5.41) is 4.89. The second-order valence-corrected chi connectivity index (χ2v) is 8.82. The van der Waals surface area contributed by atoms with Gasteiger partial charge in [-0.05, 0) is 35.6 Å². The molecule has 3 aromatic carbocycles. The quantitative estimate of drug-likeness (QED) is 0.410. The number of hydrogen-bond donors (Lipinski definition) is 1. The lowest BCUT2D eigenvalue weighted by Crippen LogP contribution is -2.36. The van der Waals surface area contributed by atoms with E-state index in [4.69, 9.17) is 12.2 Å². The molecule has 1 N–H and O–H groups in total. The number of thioether (sulfide) groups is 1. The van der Waals surface area contributed by atoms with E-state index in [1.807, 2.05) is 91.9 Å². The van der Waals surface area contributed by atoms with Gasteiger partial charge in [-0.25, -0.2) is 0 Å². The molecule has 4 rings (SSSR count). The molecule has 2 amide bonds. The largest absolute Gasteiger partial charge is 0.324 e. The first-order valence-corrected chi connectivity index (χ1v) is 11.0. The Balaban J connectivity index is 1.46. The molecule has 0 unspecified atom stereocenters. The monoisotopic (exact) mass is 444 g/mol. The Morgan fingerprint density at radius 3 is 2.55 bits per heavy atom. The zero-order valence-electron chi connectivity index (χ0n) is 16.9. The minimum atomic E-state index is -0.287. The molecular weight excluding hydrogens is 424 g/mol. The molecule has 154 valence electrons. The van der Waals surface area contributed by atoms with Crippen molar-refractivity contribution in [3.8, 4) is 0 Å². The highest BCUT2D eigenvalue weighted by atomic mass is 32.2. The molecule has 1 heterocycles. The third-order valence-electron chi connectivity index (χ3n) is 4.79. The molecule has 31 heavy (non-hydrogen) atoms. The molecule has 1 saturated heterocycles. The summed E-state index contributed by atoms with van der Waals surface area (Å²) in [5.74, 6) is -0.533. The Bertz CT molecular complexity index is 1230. The lowest BCUT2D eigenvalue weighted by molar-refractivity contribution is -0.126. The summed E-state index contributed by atoms with van der Waals surface area (Å²) in [6.45, 7) is 1.82. The Morgan fingerprint density at radius 1 is 1.03 bits per heavy atom. The Labute approximate surface area is 190 Å². The first kappa shape index (κ1) is 21.0. The Morgan fingerprint density at radius 2 is 1.74 bits per heavy atom. The number of fused-ring (bicyclic) bond motifs is 1. The topological polar surface area (TPSA) is 49.4 Å². The summed E-state index contributed by atoms with van der Waals surface area (Å²) in [7, 11) is 0. The zero-order valence-corrected chi connectivity index (χ0v) is 18.5. The summed E-state index contributed by atoms with van der Waals surface area (Å²) >= 11 is 6.58. The molecule has 0 atom stereocenters. The van der Waals surface area contributed by atoms with Crippen LogP contribution in [0.5, 0.6) is 0 Å². The highest BCUT2D eigenvalue weighted by Gasteiger charge is 2.33. The predicted octanol–water partition coefficient (Wildman–Crippen LogP) is 5.63. The number of carbonyl (C=O) groups excluding carboxylic acids is 2. The standard InChI is InChI=1S/C25H20N2O2S2/c1-17(14-18-8-3-2-4-9-18)15-22-24(29)27(25(30)31-22)16-23(28)26-21-13-7-11-19-10-5-6-12-20(19)21/h2-15H,16H2,1H3,(H,26,28). The number of rotatable bonds is 5. The van der Waals surface area contributed by atoms with Crippen molar-refractivity contribution in [2.45, 2.75) is 6.92 Å². The maximum absolute atomic E-state index is 12.8. The fourth-order valence-corrected chi connectivity index (χ4v) is 4.67. The van der Waals surface area contributed by atoms with Gasteiger partial charge in [0.05, 0.1) is 4.91 Å². The number of nitrogens with one attached hydrogen (secondary N) is 1. The summed E-state index contributed by atoms with van der Waals surface area (Å²) in [4.78, 5) is 27.4. The third kappa shape index (κ3) is 4.93. The molecule has 0 bridgehead atoms. The lowest BCUT2D eigenvalue weighted by Gasteiger charge is -2.15. The molecule has 0 radical (unpaired) electrons. The fraction of sp³-hybridized carbons (Fsp3) is 0.0800. The smallest absolute Gasteiger partial charge is 0.266 e. The van der Waals surface area contributed by atoms with Crippen LogP contribution in [0.25, 0.3) is 16.8 Å². The van der Waals surface area contributed by atoms with Crippen LogP contribution in [0.1, 0.15) is 12.5 Å². The minimum Gasteiger partial charge on any atom is -0.324 e. The van der Waals surface area contributed by atoms with Crippen molar-refractivity contribution in [1.29, 1.82) is 0 Å². The fourth-order valence-electron chi connectivity index (χ4n) is 3.36. The van der Waals surface area contributed by atoms with E-state index in [1.165, 1.54) is 16.7 Å². The van der Waals surface area contributed by atoms with Crippen molar-refractivity contribution < 1.29 is 9.59 Å². The van der Waals surface area contributed by atoms with Crippen LogP contribution in [0.15, 0.2) is 89.4 Å². The zero-order chi connectivity index (χ0) is 21.8. The molecular formula is C25H20N2O2S2. The molecule has 0 saturated carbocycles. The SMILES string of the molecule is CC(=Cc1ccccc1)C=C1SC(=S)N(CC(=O)Nc2cccc3ccccc23)C1=O. The van der Waals surface area contributed by atoms with E-state index >= 15 is 0 Å². The number of nitrogens with zero attached hydrogens (tertiary/aromatic N) is 1. The van der Waals surface area contributed by atoms with E-state index in [0.29, 0.717) is 14.9 Å². The number of hydrogen-bond acceptors (Lipinski definition) is 4. The van der Waals surface area contributed by atoms with Crippen molar-refractivity contribution in [2.75, 3.05) is 11.9 Å². The molecule has 1 fully saturated rings. The van der Waals surface area contributed by atoms with Gasteiger partial charge in [0.1, 0.15) is 10.9 Å². The van der Waals surface area contributed by atoms with Gasteiger partial charge in [-0.2, -0.15) is 0 Å². The second kappa shape index (κ2) is 9.29. The van der Waals surface area contributed by atoms with E-state index < -0.39 is 0 Å². The van der Waals surface area contributed by atoms with Crippen LogP contribution in [-0.4, -0.2) is 27.6 Å². The molecule has 1 aliphatic heterocycles. The lowest BCUT2D eigenvalue weighted by atomic mass is 10.1. The van der Waals surface area contributed by atoms with Crippen LogP contribution < -0.4 is 5.32 Å². The van der Waals surface area contributed by atoms with Crippen LogP contribution in [0.3, 0.4) is 0 Å². The van der Waals surface area contributed by atoms with Crippen LogP contribution >= 0.6 is 24.0 Å². The second-order valence-electron chi connectivity index (χ2n) is 7.14. The van der Waals surface area contributed by atoms with Gasteiger partial charge in [-0.1, -0.05) is 96.8 Å². The van der Waals surface area contributed by atoms with E-state index in [9.17, 15) is 9.59 Å². The first-order chi connectivity index (χ1) is 15.0. The molecule has 0 spiro atoms. The number of carbonyl (C=O) groups is 2. The molecule has 1 aliphatic rings. The third-order valence-corrected chi connectivity index (χ3v) is 6.17. The van der Waals surface area contributed by atoms with E-state index in [1.54, 1.807) is 0 Å². The van der Waals surface area contributed by atoms with Gasteiger partial charge in [0.2, 0.25) is 5.91 Å². The number of anilines is 1. The maximum Gasteiger partial charge on any atom is 0.266 e. The van der Waals surface area contributed by atoms with Crippen LogP contribution in [0.4, 0.5) is 5.69 Å². The normalized spacial score (nSPS) is 15.7. The van der Waals surface area contributed by atoms with Crippen LogP contribution in [-0.2, 0) is 9.59 Å². The van der Waals surface area contributed by atoms with E-state index in [0.717, 1.165) is 21.9 Å². The van der Waals surface area contributed by atoms with E-state index in [2.05, 4.69) is 5.32 Å². The predicted molar refractivity (Wildman–Crippen MR) is 133 cm³/mol. The van der Waals surface area contributed by atoms with Gasteiger partial charge in [0.15, 0.2) is 0 Å². The van der Waals surface area contributed by atoms with Crippen LogP contribution in [0, 0.1) is 0 Å². The van der Waals surface area contributed by atoms with Crippen molar-refractivity contribution in [3.05, 3.63) is 94.9 Å². The summed E-state index contributed by atoms with van der Waals surface area (Å²) < 4.78 is 0.386. The highest BCUT2D eigenvalue weighted by molar-refractivity contribution is 8.26. The van der Waals surface area contributed by atoms with Gasteiger partial charge in [0, 0.05) is 11.1 Å². The molecule has 3 aromatic rings. The molecule has 4 nitrogen and oxygen atoms in total. The number of allylic oxidation sites excluding steroid dienone is 2. The number of thiocarbonyl (C=S) groups is 1. The summed E-state index contributed by atoms with van der Waals surface area (Å²) in [6.07, 6.45) is 3.81. The van der Waals surface area contributed by atoms with Gasteiger partial charge >= 0.3 is 0 Å². The average Bonchev–Trinajstić information content (AvgIpc) is 3.02. The maximum atomic E-state index is 12.8. The van der Waals surface area contributed by atoms with E-state index in [-0.39, 0.29) is 18.4 Å². The molecule has 0 aromatic heterocycles. The average molecular weight is 445 g/mol. The first-order valence-electron chi connectivity index (χ1n) is 9.77. The van der Waals surface area contributed by atoms with Crippen LogP contribution in [0.2, 0.25) is 0 Å². The number of benzene rings is 3. The van der Waals surface area contributed by atoms with Crippen molar-refractivity contribution in [3.63, 3.8) is 0 Å². The molecule has 6 heteroatoms. The highest BCUT2D eigenvalue weighted by Crippen LogP contribution is 2.32. The van der Waals surface area contributed by atoms with Crippen molar-refractivity contribution in [1.82, 2.24) is 4.90 Å². The van der Waals surface area contributed by atoms with Gasteiger partial charge in [0.25, 0.3) is 5.91 Å². The van der Waals surface area contributed by atoms with Gasteiger partial charge in [-0.15, -0.1) is 0 Å². The minimum absolute atomic E-state index is 0.118. The Kier molecular flexibility index (Phi) is 6.30. The molecule has 0 aliphatic carbocycles. The summed E-state index contributed by atoms with van der Waals surface area (Å²) in [5.41, 5.74) is 2.71. The summed E-state index contributed by atoms with van der Waals surface area (Å²) in [6, 6.07) is 23.4.